The van der Waals surface area contributed by atoms with Gasteiger partial charge < -0.3 is 9.64 Å². The molecule has 1 aliphatic heterocycles. The number of likely N-dealkylation sites (tertiary alicyclic amines) is 1. The van der Waals surface area contributed by atoms with Crippen molar-refractivity contribution in [3.8, 4) is 0 Å². The van der Waals surface area contributed by atoms with Crippen molar-refractivity contribution in [2.75, 3.05) is 13.1 Å². The zero-order valence-electron chi connectivity index (χ0n) is 11.6. The second-order valence-electron chi connectivity index (χ2n) is 5.97. The summed E-state index contributed by atoms with van der Waals surface area (Å²) in [5.41, 5.74) is -1.88. The molecule has 0 bridgehead atoms. The van der Waals surface area contributed by atoms with Crippen LogP contribution in [0.25, 0.3) is 0 Å². The van der Waals surface area contributed by atoms with Gasteiger partial charge in [0.1, 0.15) is 5.60 Å². The van der Waals surface area contributed by atoms with E-state index in [1.54, 1.807) is 20.8 Å². The second kappa shape index (κ2) is 5.19. The Balaban J connectivity index is 2.51. The van der Waals surface area contributed by atoms with E-state index in [1.807, 2.05) is 0 Å². The summed E-state index contributed by atoms with van der Waals surface area (Å²) in [6, 6.07) is 0. The van der Waals surface area contributed by atoms with Gasteiger partial charge >= 0.3 is 12.5 Å². The Bertz CT molecular complexity index is 328. The van der Waals surface area contributed by atoms with Crippen molar-refractivity contribution in [3.05, 3.63) is 0 Å². The molecule has 0 spiro atoms. The summed E-state index contributed by atoms with van der Waals surface area (Å²) in [5.74, 6) is 0. The maximum atomic E-state index is 12.2. The van der Waals surface area contributed by atoms with E-state index < -0.39 is 23.7 Å². The van der Waals surface area contributed by atoms with Crippen molar-refractivity contribution in [1.82, 2.24) is 4.90 Å². The standard InChI is InChI=1S/C12H20F3NO3/c1-10(2,3)18-9(17)16-7-5-11(4,6-8-16)19-12(13,14)15/h5-8H2,1-4H3. The van der Waals surface area contributed by atoms with Crippen molar-refractivity contribution in [2.24, 2.45) is 0 Å². The number of rotatable bonds is 1. The normalized spacial score (nSPS) is 20.3. The van der Waals surface area contributed by atoms with E-state index in [-0.39, 0.29) is 25.9 Å². The number of carbonyl (C=O) groups excluding carboxylic acids is 1. The highest BCUT2D eigenvalue weighted by molar-refractivity contribution is 5.68. The first-order valence-corrected chi connectivity index (χ1v) is 6.15. The lowest BCUT2D eigenvalue weighted by atomic mass is 9.93. The molecule has 1 fully saturated rings. The smallest absolute Gasteiger partial charge is 0.444 e. The molecule has 1 saturated heterocycles. The maximum absolute atomic E-state index is 12.2. The monoisotopic (exact) mass is 283 g/mol. The minimum atomic E-state index is -4.65. The van der Waals surface area contributed by atoms with E-state index in [0.717, 1.165) is 0 Å². The van der Waals surface area contributed by atoms with Crippen LogP contribution in [0.3, 0.4) is 0 Å². The third-order valence-electron chi connectivity index (χ3n) is 2.83. The van der Waals surface area contributed by atoms with E-state index >= 15 is 0 Å². The molecular weight excluding hydrogens is 263 g/mol. The number of ether oxygens (including phenoxy) is 2. The zero-order valence-corrected chi connectivity index (χ0v) is 11.6. The van der Waals surface area contributed by atoms with Gasteiger partial charge in [-0.1, -0.05) is 0 Å². The van der Waals surface area contributed by atoms with Gasteiger partial charge in [0.25, 0.3) is 0 Å². The number of nitrogens with zero attached hydrogens (tertiary/aromatic N) is 1. The number of piperidine rings is 1. The predicted molar refractivity (Wildman–Crippen MR) is 62.6 cm³/mol. The number of hydrogen-bond donors (Lipinski definition) is 0. The number of hydrogen-bond acceptors (Lipinski definition) is 3. The molecule has 4 nitrogen and oxygen atoms in total. The molecule has 0 aromatic heterocycles. The quantitative estimate of drug-likeness (QED) is 0.741. The molecule has 0 aliphatic carbocycles. The van der Waals surface area contributed by atoms with Crippen molar-refractivity contribution >= 4 is 6.09 Å². The van der Waals surface area contributed by atoms with Crippen molar-refractivity contribution in [2.45, 2.75) is 58.1 Å². The second-order valence-corrected chi connectivity index (χ2v) is 5.97. The van der Waals surface area contributed by atoms with Crippen LogP contribution >= 0.6 is 0 Å². The fraction of sp³-hybridized carbons (Fsp3) is 0.917. The molecule has 112 valence electrons. The number of carbonyl (C=O) groups is 1. The summed E-state index contributed by atoms with van der Waals surface area (Å²) >= 11 is 0. The Morgan fingerprint density at radius 1 is 1.16 bits per heavy atom. The highest BCUT2D eigenvalue weighted by Gasteiger charge is 2.43. The summed E-state index contributed by atoms with van der Waals surface area (Å²) in [4.78, 5) is 13.2. The Labute approximate surface area is 110 Å². The number of amides is 1. The SMILES string of the molecule is CC(C)(C)OC(=O)N1CCC(C)(OC(F)(F)F)CC1. The molecular formula is C12H20F3NO3. The molecule has 7 heteroatoms. The molecule has 0 N–H and O–H groups in total. The maximum Gasteiger partial charge on any atom is 0.523 e. The van der Waals surface area contributed by atoms with Gasteiger partial charge in [0.2, 0.25) is 0 Å². The molecule has 0 radical (unpaired) electrons. The van der Waals surface area contributed by atoms with Crippen LogP contribution in [0.5, 0.6) is 0 Å². The average molecular weight is 283 g/mol. The highest BCUT2D eigenvalue weighted by atomic mass is 19.4. The summed E-state index contributed by atoms with van der Waals surface area (Å²) in [6.45, 7) is 7.03. The Morgan fingerprint density at radius 3 is 2.00 bits per heavy atom. The van der Waals surface area contributed by atoms with Crippen LogP contribution in [0.15, 0.2) is 0 Å². The van der Waals surface area contributed by atoms with Crippen LogP contribution in [0.4, 0.5) is 18.0 Å². The van der Waals surface area contributed by atoms with Gasteiger partial charge in [0.15, 0.2) is 0 Å². The molecule has 0 aromatic carbocycles. The highest BCUT2D eigenvalue weighted by Crippen LogP contribution is 2.33. The zero-order chi connectivity index (χ0) is 14.9. The first kappa shape index (κ1) is 16.1. The number of halogens is 3. The Kier molecular flexibility index (Phi) is 4.39. The first-order valence-electron chi connectivity index (χ1n) is 6.15. The van der Waals surface area contributed by atoms with Gasteiger partial charge in [-0.05, 0) is 40.5 Å². The molecule has 1 amide bonds. The first-order chi connectivity index (χ1) is 8.40. The van der Waals surface area contributed by atoms with Crippen molar-refractivity contribution < 1.29 is 27.4 Å². The van der Waals surface area contributed by atoms with E-state index in [9.17, 15) is 18.0 Å². The van der Waals surface area contributed by atoms with Crippen molar-refractivity contribution in [1.29, 1.82) is 0 Å². The van der Waals surface area contributed by atoms with Gasteiger partial charge in [-0.15, -0.1) is 13.2 Å². The lowest BCUT2D eigenvalue weighted by molar-refractivity contribution is -0.368. The molecule has 1 rings (SSSR count). The van der Waals surface area contributed by atoms with Crippen molar-refractivity contribution in [3.63, 3.8) is 0 Å². The van der Waals surface area contributed by atoms with Gasteiger partial charge in [0, 0.05) is 13.1 Å². The Morgan fingerprint density at radius 2 is 1.63 bits per heavy atom. The van der Waals surface area contributed by atoms with Gasteiger partial charge in [-0.3, -0.25) is 4.74 Å². The topological polar surface area (TPSA) is 38.8 Å². The molecule has 1 aliphatic rings. The third-order valence-corrected chi connectivity index (χ3v) is 2.83. The van der Waals surface area contributed by atoms with E-state index in [2.05, 4.69) is 4.74 Å². The molecule has 1 heterocycles. The summed E-state index contributed by atoms with van der Waals surface area (Å²) < 4.78 is 46.0. The molecule has 0 aromatic rings. The molecule has 0 saturated carbocycles. The van der Waals surface area contributed by atoms with Crippen LogP contribution in [-0.2, 0) is 9.47 Å². The van der Waals surface area contributed by atoms with E-state index in [0.29, 0.717) is 0 Å². The fourth-order valence-corrected chi connectivity index (χ4v) is 1.87. The van der Waals surface area contributed by atoms with Crippen LogP contribution in [-0.4, -0.2) is 41.6 Å². The summed E-state index contributed by atoms with van der Waals surface area (Å²) in [6.07, 6.45) is -4.89. The molecule has 0 atom stereocenters. The molecule has 19 heavy (non-hydrogen) atoms. The summed E-state index contributed by atoms with van der Waals surface area (Å²) in [5, 5.41) is 0. The Hall–Kier alpha value is -0.980. The van der Waals surface area contributed by atoms with Crippen LogP contribution in [0.2, 0.25) is 0 Å². The third kappa shape index (κ3) is 5.67. The average Bonchev–Trinajstić information content (AvgIpc) is 2.11. The van der Waals surface area contributed by atoms with Crippen LogP contribution in [0, 0.1) is 0 Å². The minimum absolute atomic E-state index is 0.131. The van der Waals surface area contributed by atoms with Crippen LogP contribution in [0.1, 0.15) is 40.5 Å². The fourth-order valence-electron chi connectivity index (χ4n) is 1.87. The van der Waals surface area contributed by atoms with Gasteiger partial charge in [0.05, 0.1) is 5.60 Å². The largest absolute Gasteiger partial charge is 0.523 e. The lowest BCUT2D eigenvalue weighted by Crippen LogP contribution is -2.49. The van der Waals surface area contributed by atoms with E-state index in [1.165, 1.54) is 11.8 Å². The predicted octanol–water partition coefficient (Wildman–Crippen LogP) is 3.31. The lowest BCUT2D eigenvalue weighted by Gasteiger charge is -2.39. The molecule has 0 unspecified atom stereocenters. The summed E-state index contributed by atoms with van der Waals surface area (Å²) in [7, 11) is 0. The van der Waals surface area contributed by atoms with E-state index in [4.69, 9.17) is 4.74 Å². The van der Waals surface area contributed by atoms with Gasteiger partial charge in [-0.25, -0.2) is 4.79 Å². The van der Waals surface area contributed by atoms with Crippen LogP contribution < -0.4 is 0 Å². The minimum Gasteiger partial charge on any atom is -0.444 e. The number of alkyl halides is 3. The van der Waals surface area contributed by atoms with Gasteiger partial charge in [-0.2, -0.15) is 0 Å².